The molecule has 0 unspecified atom stereocenters. The second kappa shape index (κ2) is 5.30. The second-order valence-electron chi connectivity index (χ2n) is 4.61. The predicted octanol–water partition coefficient (Wildman–Crippen LogP) is 3.12. The van der Waals surface area contributed by atoms with Crippen LogP contribution in [0.1, 0.15) is 32.4 Å². The van der Waals surface area contributed by atoms with E-state index < -0.39 is 5.82 Å². The molecule has 0 amide bonds. The summed E-state index contributed by atoms with van der Waals surface area (Å²) in [7, 11) is 0. The molecular weight excluding hydrogens is 245 g/mol. The molecule has 1 aromatic carbocycles. The summed E-state index contributed by atoms with van der Waals surface area (Å²) in [4.78, 5) is 0. The fourth-order valence-corrected chi connectivity index (χ4v) is 1.80. The monoisotopic (exact) mass is 263 g/mol. The van der Waals surface area contributed by atoms with E-state index in [1.807, 2.05) is 12.3 Å². The molecule has 2 rings (SSSR count). The van der Waals surface area contributed by atoms with E-state index in [4.69, 9.17) is 10.5 Å². The van der Waals surface area contributed by atoms with Gasteiger partial charge in [-0.1, -0.05) is 13.8 Å². The van der Waals surface area contributed by atoms with Crippen LogP contribution in [-0.2, 0) is 0 Å². The molecule has 0 spiro atoms. The number of halogens is 1. The van der Waals surface area contributed by atoms with Gasteiger partial charge in [-0.25, -0.2) is 9.07 Å². The summed E-state index contributed by atoms with van der Waals surface area (Å²) in [6.07, 6.45) is 1.81. The Kier molecular flexibility index (Phi) is 3.74. The van der Waals surface area contributed by atoms with Crippen molar-refractivity contribution in [2.45, 2.75) is 26.7 Å². The van der Waals surface area contributed by atoms with E-state index in [2.05, 4.69) is 18.9 Å². The molecule has 0 aliphatic carbocycles. The van der Waals surface area contributed by atoms with Crippen LogP contribution in [0.2, 0.25) is 0 Å². The van der Waals surface area contributed by atoms with Gasteiger partial charge < -0.3 is 10.5 Å². The molecule has 5 heteroatoms. The average Bonchev–Trinajstić information content (AvgIpc) is 2.82. The number of aromatic nitrogens is 2. The number of nitrogens with two attached hydrogens (primary N) is 1. The van der Waals surface area contributed by atoms with E-state index in [0.29, 0.717) is 23.9 Å². The number of ether oxygens (including phenoxy) is 1. The number of hydrogen-bond donors (Lipinski definition) is 1. The van der Waals surface area contributed by atoms with Crippen molar-refractivity contribution in [3.05, 3.63) is 35.9 Å². The minimum atomic E-state index is -0.459. The van der Waals surface area contributed by atoms with Crippen molar-refractivity contribution in [1.29, 1.82) is 0 Å². The molecule has 0 radical (unpaired) electrons. The minimum Gasteiger partial charge on any atom is -0.491 e. The minimum absolute atomic E-state index is 0.188. The Morgan fingerprint density at radius 3 is 2.74 bits per heavy atom. The zero-order valence-corrected chi connectivity index (χ0v) is 11.4. The zero-order chi connectivity index (χ0) is 14.0. The molecule has 2 aromatic rings. The molecule has 19 heavy (non-hydrogen) atoms. The maximum Gasteiger partial charge on any atom is 0.167 e. The van der Waals surface area contributed by atoms with E-state index in [1.165, 1.54) is 6.07 Å². The summed E-state index contributed by atoms with van der Waals surface area (Å²) < 4.78 is 20.5. The Bertz CT molecular complexity index is 578. The highest BCUT2D eigenvalue weighted by molar-refractivity contribution is 5.60. The van der Waals surface area contributed by atoms with Crippen LogP contribution in [0.15, 0.2) is 24.4 Å². The van der Waals surface area contributed by atoms with Crippen molar-refractivity contribution < 1.29 is 9.13 Å². The summed E-state index contributed by atoms with van der Waals surface area (Å²) >= 11 is 0. The molecule has 0 bridgehead atoms. The van der Waals surface area contributed by atoms with Crippen LogP contribution >= 0.6 is 0 Å². The van der Waals surface area contributed by atoms with Gasteiger partial charge in [0, 0.05) is 18.3 Å². The quantitative estimate of drug-likeness (QED) is 0.862. The fourth-order valence-electron chi connectivity index (χ4n) is 1.80. The van der Waals surface area contributed by atoms with Crippen LogP contribution in [-0.4, -0.2) is 16.4 Å². The van der Waals surface area contributed by atoms with Crippen molar-refractivity contribution >= 4 is 5.69 Å². The highest BCUT2D eigenvalue weighted by Crippen LogP contribution is 2.27. The lowest BCUT2D eigenvalue weighted by atomic mass is 10.1. The molecule has 4 nitrogen and oxygen atoms in total. The highest BCUT2D eigenvalue weighted by Gasteiger charge is 2.12. The molecule has 2 N–H and O–H groups in total. The van der Waals surface area contributed by atoms with Gasteiger partial charge in [0.25, 0.3) is 0 Å². The van der Waals surface area contributed by atoms with Crippen LogP contribution in [0.25, 0.3) is 5.69 Å². The molecule has 0 aliphatic rings. The van der Waals surface area contributed by atoms with Gasteiger partial charge in [-0.15, -0.1) is 0 Å². The maximum absolute atomic E-state index is 13.6. The topological polar surface area (TPSA) is 53.1 Å². The maximum atomic E-state index is 13.6. The molecule has 0 aliphatic heterocycles. The van der Waals surface area contributed by atoms with E-state index in [1.54, 1.807) is 17.7 Å². The van der Waals surface area contributed by atoms with Crippen LogP contribution in [0.4, 0.5) is 10.1 Å². The van der Waals surface area contributed by atoms with Crippen LogP contribution in [0.5, 0.6) is 5.75 Å². The lowest BCUT2D eigenvalue weighted by Gasteiger charge is -2.10. The molecule has 0 fully saturated rings. The van der Waals surface area contributed by atoms with Gasteiger partial charge in [-0.3, -0.25) is 0 Å². The first-order valence-electron chi connectivity index (χ1n) is 6.30. The molecule has 0 saturated heterocycles. The van der Waals surface area contributed by atoms with Crippen LogP contribution < -0.4 is 10.5 Å². The lowest BCUT2D eigenvalue weighted by Crippen LogP contribution is -2.04. The van der Waals surface area contributed by atoms with Gasteiger partial charge in [0.2, 0.25) is 0 Å². The third kappa shape index (κ3) is 2.70. The molecule has 1 aromatic heterocycles. The Labute approximate surface area is 112 Å². The first-order chi connectivity index (χ1) is 9.02. The Balaban J connectivity index is 2.45. The van der Waals surface area contributed by atoms with Crippen LogP contribution in [0.3, 0.4) is 0 Å². The van der Waals surface area contributed by atoms with Gasteiger partial charge >= 0.3 is 0 Å². The van der Waals surface area contributed by atoms with Crippen molar-refractivity contribution in [3.8, 4) is 11.4 Å². The molecule has 0 atom stereocenters. The summed E-state index contributed by atoms with van der Waals surface area (Å²) in [5.41, 5.74) is 7.76. The van der Waals surface area contributed by atoms with Gasteiger partial charge in [0.15, 0.2) is 11.6 Å². The number of anilines is 1. The normalized spacial score (nSPS) is 11.0. The average molecular weight is 263 g/mol. The SMILES string of the molecule is CCOc1cc(-n2ccc(C(C)C)n2)c(N)cc1F. The summed E-state index contributed by atoms with van der Waals surface area (Å²) in [6.45, 7) is 6.33. The summed E-state index contributed by atoms with van der Waals surface area (Å²) in [5.74, 6) is 0.0573. The molecule has 102 valence electrons. The van der Waals surface area contributed by atoms with E-state index in [9.17, 15) is 4.39 Å². The van der Waals surface area contributed by atoms with Gasteiger partial charge in [-0.2, -0.15) is 5.10 Å². The third-order valence-corrected chi connectivity index (χ3v) is 2.83. The number of benzene rings is 1. The standard InChI is InChI=1S/C14H18FN3O/c1-4-19-14-8-13(11(16)7-10(14)15)18-6-5-12(17-18)9(2)3/h5-9H,4,16H2,1-3H3. The number of nitrogen functional groups attached to an aromatic ring is 1. The van der Waals surface area contributed by atoms with Crippen LogP contribution in [0, 0.1) is 5.82 Å². The van der Waals surface area contributed by atoms with Gasteiger partial charge in [0.05, 0.1) is 23.7 Å². The van der Waals surface area contributed by atoms with Gasteiger partial charge in [0.1, 0.15) is 0 Å². The van der Waals surface area contributed by atoms with Crippen molar-refractivity contribution in [2.24, 2.45) is 0 Å². The van der Waals surface area contributed by atoms with E-state index >= 15 is 0 Å². The Morgan fingerprint density at radius 2 is 2.16 bits per heavy atom. The largest absolute Gasteiger partial charge is 0.491 e. The lowest BCUT2D eigenvalue weighted by molar-refractivity contribution is 0.321. The first-order valence-corrected chi connectivity index (χ1v) is 6.30. The predicted molar refractivity (Wildman–Crippen MR) is 73.2 cm³/mol. The Hall–Kier alpha value is -2.04. The van der Waals surface area contributed by atoms with E-state index in [0.717, 1.165) is 5.69 Å². The molecular formula is C14H18FN3O. The van der Waals surface area contributed by atoms with Crippen molar-refractivity contribution in [3.63, 3.8) is 0 Å². The number of hydrogen-bond acceptors (Lipinski definition) is 3. The zero-order valence-electron chi connectivity index (χ0n) is 11.4. The number of nitrogens with zero attached hydrogens (tertiary/aromatic N) is 2. The van der Waals surface area contributed by atoms with E-state index in [-0.39, 0.29) is 5.75 Å². The first kappa shape index (κ1) is 13.4. The smallest absolute Gasteiger partial charge is 0.167 e. The summed E-state index contributed by atoms with van der Waals surface area (Å²) in [5, 5.41) is 4.43. The third-order valence-electron chi connectivity index (χ3n) is 2.83. The summed E-state index contributed by atoms with van der Waals surface area (Å²) in [6, 6.07) is 4.76. The highest BCUT2D eigenvalue weighted by atomic mass is 19.1. The molecule has 0 saturated carbocycles. The Morgan fingerprint density at radius 1 is 1.42 bits per heavy atom. The fraction of sp³-hybridized carbons (Fsp3) is 0.357. The molecule has 1 heterocycles. The van der Waals surface area contributed by atoms with Gasteiger partial charge in [-0.05, 0) is 18.9 Å². The van der Waals surface area contributed by atoms with Crippen molar-refractivity contribution in [2.75, 3.05) is 12.3 Å². The second-order valence-corrected chi connectivity index (χ2v) is 4.61. The van der Waals surface area contributed by atoms with Crippen molar-refractivity contribution in [1.82, 2.24) is 9.78 Å². The number of rotatable bonds is 4.